The summed E-state index contributed by atoms with van der Waals surface area (Å²) in [6.45, 7) is 0. The third kappa shape index (κ3) is 2.37. The third-order valence-corrected chi connectivity index (χ3v) is 4.90. The number of pyridine rings is 2. The molecule has 0 saturated carbocycles. The van der Waals surface area contributed by atoms with E-state index in [1.807, 2.05) is 30.5 Å². The number of rotatable bonds is 2. The molecule has 0 aliphatic heterocycles. The van der Waals surface area contributed by atoms with E-state index in [2.05, 4.69) is 35.3 Å². The molecule has 0 bridgehead atoms. The van der Waals surface area contributed by atoms with Crippen LogP contribution in [0.5, 0.6) is 5.75 Å². The minimum Gasteiger partial charge on any atom is -0.508 e. The van der Waals surface area contributed by atoms with Crippen molar-refractivity contribution in [3.05, 3.63) is 90.3 Å². The fraction of sp³-hybridized carbons (Fsp3) is 0.0435. The second kappa shape index (κ2) is 5.81. The van der Waals surface area contributed by atoms with Gasteiger partial charge in [-0.05, 0) is 52.6 Å². The number of phenols is 1. The average molecular weight is 336 g/mol. The summed E-state index contributed by atoms with van der Waals surface area (Å²) in [4.78, 5) is 9.22. The highest BCUT2D eigenvalue weighted by Gasteiger charge is 2.24. The number of fused-ring (bicyclic) bond motifs is 3. The number of hydrogen-bond acceptors (Lipinski definition) is 3. The number of aromatic hydroxyl groups is 1. The average Bonchev–Trinajstić information content (AvgIpc) is 3.07. The lowest BCUT2D eigenvalue weighted by molar-refractivity contribution is 0.475. The summed E-state index contributed by atoms with van der Waals surface area (Å²) < 4.78 is 0. The summed E-state index contributed by atoms with van der Waals surface area (Å²) in [6.07, 6.45) is 4.49. The number of phenolic OH excluding ortho intramolecular Hbond substituents is 1. The Kier molecular flexibility index (Phi) is 3.32. The van der Waals surface area contributed by atoms with Crippen molar-refractivity contribution in [1.29, 1.82) is 0 Å². The SMILES string of the molecule is Oc1ccc(-c2cc(-c3cccnc3)nc3c2Cc2ccccc2-3)cc1. The van der Waals surface area contributed by atoms with E-state index in [1.54, 1.807) is 18.3 Å². The van der Waals surface area contributed by atoms with Gasteiger partial charge in [0.1, 0.15) is 5.75 Å². The van der Waals surface area contributed by atoms with Gasteiger partial charge in [-0.25, -0.2) is 4.98 Å². The van der Waals surface area contributed by atoms with E-state index in [-0.39, 0.29) is 5.75 Å². The lowest BCUT2D eigenvalue weighted by Crippen LogP contribution is -1.94. The summed E-state index contributed by atoms with van der Waals surface area (Å²) in [5.74, 6) is 0.273. The quantitative estimate of drug-likeness (QED) is 0.488. The lowest BCUT2D eigenvalue weighted by Gasteiger charge is -2.12. The van der Waals surface area contributed by atoms with E-state index >= 15 is 0 Å². The molecule has 124 valence electrons. The van der Waals surface area contributed by atoms with Crippen LogP contribution in [0.4, 0.5) is 0 Å². The number of aromatic nitrogens is 2. The first kappa shape index (κ1) is 14.8. The first-order valence-electron chi connectivity index (χ1n) is 8.61. The van der Waals surface area contributed by atoms with Crippen LogP contribution >= 0.6 is 0 Å². The minimum atomic E-state index is 0.273. The zero-order valence-corrected chi connectivity index (χ0v) is 14.1. The van der Waals surface area contributed by atoms with E-state index < -0.39 is 0 Å². The van der Waals surface area contributed by atoms with Crippen molar-refractivity contribution in [3.8, 4) is 39.4 Å². The largest absolute Gasteiger partial charge is 0.508 e. The van der Waals surface area contributed by atoms with Gasteiger partial charge in [0, 0.05) is 29.9 Å². The topological polar surface area (TPSA) is 46.0 Å². The standard InChI is InChI=1S/C23H16N2O/c26-18-9-7-15(8-10-18)20-13-22(17-5-3-11-24-14-17)25-23-19-6-2-1-4-16(19)12-21(20)23/h1-11,13-14,26H,12H2. The highest BCUT2D eigenvalue weighted by atomic mass is 16.3. The molecule has 2 aromatic carbocycles. The van der Waals surface area contributed by atoms with Crippen LogP contribution in [0.25, 0.3) is 33.6 Å². The van der Waals surface area contributed by atoms with Gasteiger partial charge in [-0.15, -0.1) is 0 Å². The Hall–Kier alpha value is -3.46. The predicted octanol–water partition coefficient (Wildman–Crippen LogP) is 5.09. The van der Waals surface area contributed by atoms with Crippen LogP contribution in [0.2, 0.25) is 0 Å². The molecule has 0 radical (unpaired) electrons. The number of hydrogen-bond donors (Lipinski definition) is 1. The smallest absolute Gasteiger partial charge is 0.115 e. The molecule has 0 atom stereocenters. The van der Waals surface area contributed by atoms with Gasteiger partial charge < -0.3 is 5.11 Å². The summed E-state index contributed by atoms with van der Waals surface area (Å²) in [7, 11) is 0. The van der Waals surface area contributed by atoms with Gasteiger partial charge in [-0.3, -0.25) is 4.98 Å². The summed E-state index contributed by atoms with van der Waals surface area (Å²) in [6, 6.07) is 21.9. The van der Waals surface area contributed by atoms with Gasteiger partial charge in [0.15, 0.2) is 0 Å². The first-order valence-corrected chi connectivity index (χ1v) is 8.61. The molecule has 26 heavy (non-hydrogen) atoms. The molecular formula is C23H16N2O. The normalized spacial score (nSPS) is 11.8. The number of nitrogens with zero attached hydrogens (tertiary/aromatic N) is 2. The third-order valence-electron chi connectivity index (χ3n) is 4.90. The van der Waals surface area contributed by atoms with Crippen LogP contribution in [-0.4, -0.2) is 15.1 Å². The van der Waals surface area contributed by atoms with Crippen LogP contribution in [-0.2, 0) is 6.42 Å². The molecule has 0 saturated heterocycles. The molecule has 1 N–H and O–H groups in total. The molecule has 5 rings (SSSR count). The Morgan fingerprint density at radius 2 is 1.65 bits per heavy atom. The fourth-order valence-corrected chi connectivity index (χ4v) is 3.63. The molecule has 3 nitrogen and oxygen atoms in total. The highest BCUT2D eigenvalue weighted by molar-refractivity contribution is 5.85. The van der Waals surface area contributed by atoms with E-state index in [0.717, 1.165) is 34.5 Å². The molecule has 0 unspecified atom stereocenters. The lowest BCUT2D eigenvalue weighted by atomic mass is 9.96. The van der Waals surface area contributed by atoms with Crippen LogP contribution in [0, 0.1) is 0 Å². The van der Waals surface area contributed by atoms with Crippen molar-refractivity contribution in [2.24, 2.45) is 0 Å². The Morgan fingerprint density at radius 3 is 2.46 bits per heavy atom. The van der Waals surface area contributed by atoms with E-state index in [1.165, 1.54) is 16.7 Å². The second-order valence-corrected chi connectivity index (χ2v) is 6.50. The van der Waals surface area contributed by atoms with Crippen LogP contribution in [0.3, 0.4) is 0 Å². The van der Waals surface area contributed by atoms with Gasteiger partial charge in [0.25, 0.3) is 0 Å². The molecular weight excluding hydrogens is 320 g/mol. The maximum Gasteiger partial charge on any atom is 0.115 e. The van der Waals surface area contributed by atoms with Crippen molar-refractivity contribution in [1.82, 2.24) is 9.97 Å². The van der Waals surface area contributed by atoms with Gasteiger partial charge in [-0.2, -0.15) is 0 Å². The van der Waals surface area contributed by atoms with Crippen molar-refractivity contribution >= 4 is 0 Å². The number of benzene rings is 2. The first-order chi connectivity index (χ1) is 12.8. The molecule has 0 spiro atoms. The van der Waals surface area contributed by atoms with Gasteiger partial charge in [0.2, 0.25) is 0 Å². The minimum absolute atomic E-state index is 0.273. The molecule has 2 heterocycles. The highest BCUT2D eigenvalue weighted by Crippen LogP contribution is 2.42. The predicted molar refractivity (Wildman–Crippen MR) is 103 cm³/mol. The zero-order valence-electron chi connectivity index (χ0n) is 14.1. The van der Waals surface area contributed by atoms with E-state index in [4.69, 9.17) is 4.98 Å². The molecule has 1 aliphatic rings. The molecule has 3 heteroatoms. The van der Waals surface area contributed by atoms with E-state index in [9.17, 15) is 5.11 Å². The summed E-state index contributed by atoms with van der Waals surface area (Å²) in [5, 5.41) is 9.65. The van der Waals surface area contributed by atoms with Crippen LogP contribution < -0.4 is 0 Å². The van der Waals surface area contributed by atoms with Crippen molar-refractivity contribution < 1.29 is 5.11 Å². The Morgan fingerprint density at radius 1 is 0.808 bits per heavy atom. The Bertz CT molecular complexity index is 1100. The van der Waals surface area contributed by atoms with Crippen molar-refractivity contribution in [2.75, 3.05) is 0 Å². The maximum atomic E-state index is 9.65. The molecule has 2 aromatic heterocycles. The Balaban J connectivity index is 1.78. The zero-order chi connectivity index (χ0) is 17.5. The summed E-state index contributed by atoms with van der Waals surface area (Å²) >= 11 is 0. The van der Waals surface area contributed by atoms with Crippen LogP contribution in [0.15, 0.2) is 79.1 Å². The molecule has 0 fully saturated rings. The molecule has 4 aromatic rings. The maximum absolute atomic E-state index is 9.65. The van der Waals surface area contributed by atoms with Gasteiger partial charge >= 0.3 is 0 Å². The van der Waals surface area contributed by atoms with Crippen LogP contribution in [0.1, 0.15) is 11.1 Å². The van der Waals surface area contributed by atoms with Gasteiger partial charge in [-0.1, -0.05) is 36.4 Å². The second-order valence-electron chi connectivity index (χ2n) is 6.50. The molecule has 1 aliphatic carbocycles. The Labute approximate surface area is 151 Å². The monoisotopic (exact) mass is 336 g/mol. The van der Waals surface area contributed by atoms with Gasteiger partial charge in [0.05, 0.1) is 11.4 Å². The van der Waals surface area contributed by atoms with Crippen molar-refractivity contribution in [2.45, 2.75) is 6.42 Å². The summed E-state index contributed by atoms with van der Waals surface area (Å²) in [5.41, 5.74) is 8.95. The van der Waals surface area contributed by atoms with E-state index in [0.29, 0.717) is 0 Å². The fourth-order valence-electron chi connectivity index (χ4n) is 3.63. The molecule has 0 amide bonds. The van der Waals surface area contributed by atoms with Crippen molar-refractivity contribution in [3.63, 3.8) is 0 Å².